The summed E-state index contributed by atoms with van der Waals surface area (Å²) in [4.78, 5) is 27.1. The Balaban J connectivity index is 1.69. The van der Waals surface area contributed by atoms with Crippen molar-refractivity contribution in [1.29, 1.82) is 0 Å². The molecule has 9 heteroatoms. The summed E-state index contributed by atoms with van der Waals surface area (Å²) in [5.41, 5.74) is 9.81. The molecule has 0 unspecified atom stereocenters. The Labute approximate surface area is 177 Å². The number of hydrogen-bond donors (Lipinski definition) is 2. The minimum atomic E-state index is -0.437. The molecule has 0 bridgehead atoms. The summed E-state index contributed by atoms with van der Waals surface area (Å²) in [5, 5.41) is 3.89. The maximum atomic E-state index is 12.1. The molecule has 0 spiro atoms. The fraction of sp³-hybridized carbons (Fsp3) is 0.143. The Morgan fingerprint density at radius 2 is 1.97 bits per heavy atom. The molecule has 3 N–H and O–H groups in total. The first-order chi connectivity index (χ1) is 14.5. The van der Waals surface area contributed by atoms with Gasteiger partial charge in [-0.2, -0.15) is 0 Å². The highest BCUT2D eigenvalue weighted by molar-refractivity contribution is 7.22. The number of aryl methyl sites for hydroxylation is 1. The van der Waals surface area contributed by atoms with Gasteiger partial charge in [0.1, 0.15) is 12.0 Å². The van der Waals surface area contributed by atoms with Gasteiger partial charge in [-0.3, -0.25) is 0 Å². The lowest BCUT2D eigenvalue weighted by atomic mass is 10.1. The van der Waals surface area contributed by atoms with Gasteiger partial charge in [0.25, 0.3) is 0 Å². The molecule has 0 fully saturated rings. The molecule has 0 saturated carbocycles. The van der Waals surface area contributed by atoms with E-state index in [0.717, 1.165) is 15.8 Å². The molecule has 0 radical (unpaired) electrons. The summed E-state index contributed by atoms with van der Waals surface area (Å²) in [6.07, 6.45) is 1.42. The molecule has 0 aliphatic heterocycles. The molecule has 0 atom stereocenters. The van der Waals surface area contributed by atoms with Crippen LogP contribution in [-0.2, 0) is 4.74 Å². The van der Waals surface area contributed by atoms with Crippen molar-refractivity contribution in [3.8, 4) is 0 Å². The van der Waals surface area contributed by atoms with Gasteiger partial charge in [0, 0.05) is 7.05 Å². The van der Waals surface area contributed by atoms with Crippen molar-refractivity contribution in [2.75, 3.05) is 30.1 Å². The topological polar surface area (TPSA) is 106 Å². The number of thiazole rings is 1. The van der Waals surface area contributed by atoms with Crippen LogP contribution in [0.4, 0.5) is 28.1 Å². The number of para-hydroxylation sites is 2. The number of nitrogens with one attached hydrogen (secondary N) is 1. The third-order valence-corrected chi connectivity index (χ3v) is 5.63. The fourth-order valence-corrected chi connectivity index (χ4v) is 4.10. The van der Waals surface area contributed by atoms with Crippen molar-refractivity contribution in [2.24, 2.45) is 0 Å². The number of aromatic nitrogens is 3. The summed E-state index contributed by atoms with van der Waals surface area (Å²) < 4.78 is 5.96. The van der Waals surface area contributed by atoms with Crippen LogP contribution >= 0.6 is 11.3 Å². The van der Waals surface area contributed by atoms with Gasteiger partial charge in [0.05, 0.1) is 28.6 Å². The monoisotopic (exact) mass is 420 g/mol. The zero-order valence-electron chi connectivity index (χ0n) is 16.7. The van der Waals surface area contributed by atoms with Gasteiger partial charge >= 0.3 is 5.97 Å². The van der Waals surface area contributed by atoms with Crippen LogP contribution in [0.2, 0.25) is 0 Å². The second kappa shape index (κ2) is 7.96. The summed E-state index contributed by atoms with van der Waals surface area (Å²) >= 11 is 1.52. The number of fused-ring (bicyclic) bond motifs is 1. The van der Waals surface area contributed by atoms with E-state index in [9.17, 15) is 4.79 Å². The number of carbonyl (C=O) groups excluding carboxylic acids is 1. The number of ether oxygens (including phenoxy) is 1. The molecular weight excluding hydrogens is 400 g/mol. The van der Waals surface area contributed by atoms with Crippen molar-refractivity contribution in [3.05, 3.63) is 59.9 Å². The number of anilines is 5. The molecule has 30 heavy (non-hydrogen) atoms. The molecule has 2 aromatic heterocycles. The minimum Gasteiger partial charge on any atom is -0.465 e. The third-order valence-electron chi connectivity index (χ3n) is 4.70. The van der Waals surface area contributed by atoms with E-state index in [-0.39, 0.29) is 0 Å². The van der Waals surface area contributed by atoms with Crippen LogP contribution in [0.15, 0.2) is 48.8 Å². The van der Waals surface area contributed by atoms with Gasteiger partial charge < -0.3 is 20.7 Å². The standard InChI is InChI=1S/C21H20N6O2S/c1-12-7-6-10-15-17(12)25-21(30-15)26-18-16(22)19(24-11-23-18)27(2)14-9-5-4-8-13(14)20(28)29-3/h4-11H,22H2,1-3H3,(H,23,24,25,26). The maximum Gasteiger partial charge on any atom is 0.339 e. The summed E-state index contributed by atoms with van der Waals surface area (Å²) in [5.74, 6) is 0.466. The Morgan fingerprint density at radius 1 is 1.17 bits per heavy atom. The second-order valence-electron chi connectivity index (χ2n) is 6.59. The van der Waals surface area contributed by atoms with Crippen LogP contribution in [0.1, 0.15) is 15.9 Å². The van der Waals surface area contributed by atoms with Gasteiger partial charge in [-0.25, -0.2) is 19.7 Å². The van der Waals surface area contributed by atoms with Gasteiger partial charge in [0.15, 0.2) is 16.8 Å². The maximum absolute atomic E-state index is 12.1. The normalized spacial score (nSPS) is 10.8. The van der Waals surface area contributed by atoms with Gasteiger partial charge in [-0.15, -0.1) is 0 Å². The number of methoxy groups -OCH3 is 1. The zero-order valence-corrected chi connectivity index (χ0v) is 17.5. The lowest BCUT2D eigenvalue weighted by Gasteiger charge is -2.22. The molecule has 4 rings (SSSR count). The predicted molar refractivity (Wildman–Crippen MR) is 120 cm³/mol. The number of carbonyl (C=O) groups is 1. The molecule has 2 heterocycles. The average Bonchev–Trinajstić information content (AvgIpc) is 3.18. The van der Waals surface area contributed by atoms with Crippen LogP contribution in [-0.4, -0.2) is 35.1 Å². The molecule has 4 aromatic rings. The molecule has 152 valence electrons. The van der Waals surface area contributed by atoms with Crippen molar-refractivity contribution in [2.45, 2.75) is 6.92 Å². The number of rotatable bonds is 5. The molecule has 2 aromatic carbocycles. The number of nitrogens with two attached hydrogens (primary N) is 1. The van der Waals surface area contributed by atoms with Crippen LogP contribution in [0.5, 0.6) is 0 Å². The van der Waals surface area contributed by atoms with E-state index in [1.54, 1.807) is 30.1 Å². The van der Waals surface area contributed by atoms with Crippen molar-refractivity contribution in [1.82, 2.24) is 15.0 Å². The lowest BCUT2D eigenvalue weighted by molar-refractivity contribution is 0.0601. The second-order valence-corrected chi connectivity index (χ2v) is 7.62. The van der Waals surface area contributed by atoms with E-state index in [1.165, 1.54) is 24.8 Å². The third kappa shape index (κ3) is 3.50. The summed E-state index contributed by atoms with van der Waals surface area (Å²) in [6, 6.07) is 13.2. The predicted octanol–water partition coefficient (Wildman–Crippen LogP) is 4.28. The van der Waals surface area contributed by atoms with E-state index in [2.05, 4.69) is 20.3 Å². The molecule has 0 saturated heterocycles. The highest BCUT2D eigenvalue weighted by Crippen LogP contribution is 2.35. The average molecular weight is 420 g/mol. The number of esters is 1. The smallest absolute Gasteiger partial charge is 0.339 e. The van der Waals surface area contributed by atoms with E-state index in [0.29, 0.717) is 33.7 Å². The molecule has 0 aliphatic carbocycles. The number of nitrogens with zero attached hydrogens (tertiary/aromatic N) is 4. The fourth-order valence-electron chi connectivity index (χ4n) is 3.16. The Bertz CT molecular complexity index is 1240. The zero-order chi connectivity index (χ0) is 21.3. The summed E-state index contributed by atoms with van der Waals surface area (Å²) in [6.45, 7) is 2.02. The van der Waals surface area contributed by atoms with E-state index in [1.807, 2.05) is 31.2 Å². The van der Waals surface area contributed by atoms with Crippen LogP contribution < -0.4 is 16.0 Å². The van der Waals surface area contributed by atoms with Crippen molar-refractivity contribution in [3.63, 3.8) is 0 Å². The van der Waals surface area contributed by atoms with E-state index < -0.39 is 5.97 Å². The minimum absolute atomic E-state index is 0.343. The quantitative estimate of drug-likeness (QED) is 0.461. The van der Waals surface area contributed by atoms with E-state index in [4.69, 9.17) is 10.5 Å². The number of nitrogen functional groups attached to an aromatic ring is 1. The first-order valence-corrected chi connectivity index (χ1v) is 9.96. The summed E-state index contributed by atoms with van der Waals surface area (Å²) in [7, 11) is 3.13. The SMILES string of the molecule is COC(=O)c1ccccc1N(C)c1ncnc(Nc2nc3c(C)cccc3s2)c1N. The molecule has 0 aliphatic rings. The number of benzene rings is 2. The highest BCUT2D eigenvalue weighted by atomic mass is 32.1. The largest absolute Gasteiger partial charge is 0.465 e. The van der Waals surface area contributed by atoms with Crippen LogP contribution in [0.3, 0.4) is 0 Å². The Morgan fingerprint density at radius 3 is 2.73 bits per heavy atom. The van der Waals surface area contributed by atoms with Gasteiger partial charge in [-0.1, -0.05) is 35.6 Å². The van der Waals surface area contributed by atoms with E-state index >= 15 is 0 Å². The van der Waals surface area contributed by atoms with Crippen LogP contribution in [0, 0.1) is 6.92 Å². The highest BCUT2D eigenvalue weighted by Gasteiger charge is 2.20. The number of hydrogen-bond acceptors (Lipinski definition) is 9. The van der Waals surface area contributed by atoms with Gasteiger partial charge in [-0.05, 0) is 30.7 Å². The Kier molecular flexibility index (Phi) is 5.20. The van der Waals surface area contributed by atoms with Crippen LogP contribution in [0.25, 0.3) is 10.2 Å². The van der Waals surface area contributed by atoms with Gasteiger partial charge in [0.2, 0.25) is 0 Å². The first kappa shape index (κ1) is 19.6. The lowest BCUT2D eigenvalue weighted by Crippen LogP contribution is -2.18. The molecule has 0 amide bonds. The Hall–Kier alpha value is -3.72. The molecule has 8 nitrogen and oxygen atoms in total. The molecular formula is C21H20N6O2S. The van der Waals surface area contributed by atoms with Crippen molar-refractivity contribution < 1.29 is 9.53 Å². The first-order valence-electron chi connectivity index (χ1n) is 9.14. The van der Waals surface area contributed by atoms with Crippen molar-refractivity contribution >= 4 is 55.7 Å².